The molecular formula is C39H47N5O8S. The fourth-order valence-electron chi connectivity index (χ4n) is 6.47. The average Bonchev–Trinajstić information content (AvgIpc) is 3.63. The minimum atomic E-state index is -4.01. The van der Waals surface area contributed by atoms with Gasteiger partial charge in [0, 0.05) is 43.2 Å². The molecule has 4 aromatic rings. The highest BCUT2D eigenvalue weighted by molar-refractivity contribution is 7.92. The molecule has 2 fully saturated rings. The zero-order chi connectivity index (χ0) is 37.8. The van der Waals surface area contributed by atoms with Gasteiger partial charge in [-0.05, 0) is 46.2 Å². The smallest absolute Gasteiger partial charge is 0.327 e. The van der Waals surface area contributed by atoms with E-state index in [0.717, 1.165) is 71.0 Å². The van der Waals surface area contributed by atoms with Crippen LogP contribution >= 0.6 is 0 Å². The van der Waals surface area contributed by atoms with Gasteiger partial charge in [0.2, 0.25) is 10.0 Å². The molecule has 2 aliphatic rings. The van der Waals surface area contributed by atoms with Crippen LogP contribution in [0.5, 0.6) is 5.75 Å². The van der Waals surface area contributed by atoms with Gasteiger partial charge in [0.1, 0.15) is 12.6 Å². The Morgan fingerprint density at radius 1 is 0.962 bits per heavy atom. The van der Waals surface area contributed by atoms with Crippen molar-refractivity contribution in [2.75, 3.05) is 74.4 Å². The molecule has 1 aromatic heterocycles. The van der Waals surface area contributed by atoms with Crippen LogP contribution in [0.4, 0.5) is 21.9 Å². The zero-order valence-corrected chi connectivity index (χ0v) is 31.6. The van der Waals surface area contributed by atoms with Gasteiger partial charge in [-0.15, -0.1) is 0 Å². The van der Waals surface area contributed by atoms with Crippen LogP contribution in [0, 0.1) is 0 Å². The van der Waals surface area contributed by atoms with Crippen molar-refractivity contribution in [2.24, 2.45) is 0 Å². The van der Waals surface area contributed by atoms with Crippen molar-refractivity contribution in [3.05, 3.63) is 78.1 Å². The lowest BCUT2D eigenvalue weighted by molar-refractivity contribution is -0.147. The molecule has 3 aromatic carbocycles. The van der Waals surface area contributed by atoms with Gasteiger partial charge in [0.05, 0.1) is 62.5 Å². The summed E-state index contributed by atoms with van der Waals surface area (Å²) in [5, 5.41) is 7.61. The molecule has 13 nitrogen and oxygen atoms in total. The second kappa shape index (κ2) is 16.1. The first-order valence-corrected chi connectivity index (χ1v) is 19.5. The Hall–Kier alpha value is -4.76. The predicted molar refractivity (Wildman–Crippen MR) is 205 cm³/mol. The number of nitrogens with zero attached hydrogens (tertiary/aromatic N) is 3. The van der Waals surface area contributed by atoms with Crippen molar-refractivity contribution in [3.63, 3.8) is 0 Å². The molecule has 0 saturated carbocycles. The zero-order valence-electron chi connectivity index (χ0n) is 30.8. The molecule has 6 rings (SSSR count). The quantitative estimate of drug-likeness (QED) is 0.181. The molecule has 0 spiro atoms. The number of amides is 2. The summed E-state index contributed by atoms with van der Waals surface area (Å²) in [6, 6.07) is 18.5. The fraction of sp³-hybridized carbons (Fsp3) is 0.410. The highest BCUT2D eigenvalue weighted by atomic mass is 32.2. The Labute approximate surface area is 310 Å². The van der Waals surface area contributed by atoms with Gasteiger partial charge in [0.15, 0.2) is 5.75 Å². The van der Waals surface area contributed by atoms with E-state index in [0.29, 0.717) is 24.3 Å². The van der Waals surface area contributed by atoms with Crippen LogP contribution in [0.25, 0.3) is 21.9 Å². The minimum Gasteiger partial charge on any atom is -0.492 e. The number of ether oxygens (including phenoxy) is 4. The van der Waals surface area contributed by atoms with Gasteiger partial charge in [-0.1, -0.05) is 57.2 Å². The summed E-state index contributed by atoms with van der Waals surface area (Å²) in [5.74, 6) is -0.656. The third-order valence-corrected chi connectivity index (χ3v) is 10.4. The highest BCUT2D eigenvalue weighted by Gasteiger charge is 2.31. The Balaban J connectivity index is 1.27. The number of morpholine rings is 1. The third-order valence-electron chi connectivity index (χ3n) is 9.31. The van der Waals surface area contributed by atoms with E-state index in [9.17, 15) is 18.0 Å². The van der Waals surface area contributed by atoms with Crippen molar-refractivity contribution in [2.45, 2.75) is 45.3 Å². The number of benzene rings is 3. The highest BCUT2D eigenvalue weighted by Crippen LogP contribution is 2.42. The maximum atomic E-state index is 13.7. The third kappa shape index (κ3) is 9.25. The number of hydrogen-bond acceptors (Lipinski definition) is 10. The topological polar surface area (TPSA) is 149 Å². The van der Waals surface area contributed by atoms with Gasteiger partial charge in [-0.25, -0.2) is 13.2 Å². The molecule has 2 saturated heterocycles. The first-order valence-electron chi connectivity index (χ1n) is 17.6. The van der Waals surface area contributed by atoms with Crippen LogP contribution in [-0.2, 0) is 41.0 Å². The number of carbonyl (C=O) groups is 2. The maximum Gasteiger partial charge on any atom is 0.327 e. The number of anilines is 3. The predicted octanol–water partition coefficient (Wildman–Crippen LogP) is 5.78. The molecule has 53 heavy (non-hydrogen) atoms. The van der Waals surface area contributed by atoms with Crippen LogP contribution in [-0.4, -0.2) is 95.8 Å². The standard InChI is InChI=1S/C39H47N5O8S/c1-39(2,3)27-20-34(37(49-4)35(21-27)44(53(5,47)48)24-36(45)52-29-14-17-51-25-29)42-38(46)41-33-13-12-30(31-8-6-7-9-32(31)33)26-10-11-28(40-22-26)23-43-15-18-50-19-16-43/h6-13,20-22,29H,14-19,23-25H2,1-5H3,(H2,41,42,46). The van der Waals surface area contributed by atoms with E-state index in [4.69, 9.17) is 23.9 Å². The van der Waals surface area contributed by atoms with Gasteiger partial charge < -0.3 is 29.6 Å². The summed E-state index contributed by atoms with van der Waals surface area (Å²) in [6.45, 7) is 10.0. The second-order valence-electron chi connectivity index (χ2n) is 14.3. The van der Waals surface area contributed by atoms with Crippen LogP contribution < -0.4 is 19.7 Å². The SMILES string of the molecule is COc1c(NC(=O)Nc2ccc(-c3ccc(CN4CCOCC4)nc3)c3ccccc23)cc(C(C)(C)C)cc1N(CC(=O)OC1CCOC1)S(C)(=O)=O. The van der Waals surface area contributed by atoms with E-state index in [1.54, 1.807) is 12.1 Å². The van der Waals surface area contributed by atoms with Crippen molar-refractivity contribution >= 4 is 49.9 Å². The molecule has 0 bridgehead atoms. The molecule has 282 valence electrons. The minimum absolute atomic E-state index is 0.0698. The molecule has 0 aliphatic carbocycles. The van der Waals surface area contributed by atoms with E-state index < -0.39 is 40.1 Å². The molecular weight excluding hydrogens is 699 g/mol. The molecule has 1 unspecified atom stereocenters. The first kappa shape index (κ1) is 38.0. The number of pyridine rings is 1. The molecule has 1 atom stereocenters. The van der Waals surface area contributed by atoms with Gasteiger partial charge in [0.25, 0.3) is 0 Å². The number of fused-ring (bicyclic) bond motifs is 1. The monoisotopic (exact) mass is 745 g/mol. The molecule has 2 amide bonds. The summed E-state index contributed by atoms with van der Waals surface area (Å²) < 4.78 is 49.3. The lowest BCUT2D eigenvalue weighted by Crippen LogP contribution is -2.37. The van der Waals surface area contributed by atoms with Gasteiger partial charge in [-0.3, -0.25) is 19.0 Å². The number of sulfonamides is 1. The van der Waals surface area contributed by atoms with Crippen LogP contribution in [0.1, 0.15) is 38.4 Å². The van der Waals surface area contributed by atoms with E-state index in [2.05, 4.69) is 21.6 Å². The van der Waals surface area contributed by atoms with E-state index in [1.165, 1.54) is 7.11 Å². The molecule has 3 heterocycles. The van der Waals surface area contributed by atoms with Crippen molar-refractivity contribution in [3.8, 4) is 16.9 Å². The van der Waals surface area contributed by atoms with E-state index in [1.807, 2.05) is 69.4 Å². The maximum absolute atomic E-state index is 13.7. The molecule has 0 radical (unpaired) electrons. The van der Waals surface area contributed by atoms with E-state index in [-0.39, 0.29) is 23.7 Å². The molecule has 14 heteroatoms. The van der Waals surface area contributed by atoms with Crippen molar-refractivity contribution in [1.82, 2.24) is 9.88 Å². The summed E-state index contributed by atoms with van der Waals surface area (Å²) in [6.07, 6.45) is 2.98. The molecule has 2 N–H and O–H groups in total. The number of esters is 1. The number of methoxy groups -OCH3 is 1. The Morgan fingerprint density at radius 3 is 2.34 bits per heavy atom. The summed E-state index contributed by atoms with van der Waals surface area (Å²) in [5.41, 5.74) is 4.04. The Bertz CT molecular complexity index is 2050. The van der Waals surface area contributed by atoms with Crippen LogP contribution in [0.3, 0.4) is 0 Å². The van der Waals surface area contributed by atoms with Gasteiger partial charge >= 0.3 is 12.0 Å². The van der Waals surface area contributed by atoms with E-state index >= 15 is 0 Å². The normalized spacial score (nSPS) is 16.7. The largest absolute Gasteiger partial charge is 0.492 e. The number of carbonyl (C=O) groups excluding carboxylic acids is 2. The molecule has 2 aliphatic heterocycles. The van der Waals surface area contributed by atoms with Crippen LogP contribution in [0.2, 0.25) is 0 Å². The first-order chi connectivity index (χ1) is 25.3. The Morgan fingerprint density at radius 2 is 1.70 bits per heavy atom. The Kier molecular flexibility index (Phi) is 11.5. The summed E-state index contributed by atoms with van der Waals surface area (Å²) in [7, 11) is -2.64. The summed E-state index contributed by atoms with van der Waals surface area (Å²) >= 11 is 0. The van der Waals surface area contributed by atoms with Crippen molar-refractivity contribution < 1.29 is 37.0 Å². The lowest BCUT2D eigenvalue weighted by atomic mass is 9.86. The lowest BCUT2D eigenvalue weighted by Gasteiger charge is -2.29. The number of aromatic nitrogens is 1. The van der Waals surface area contributed by atoms with Crippen molar-refractivity contribution in [1.29, 1.82) is 0 Å². The second-order valence-corrected chi connectivity index (χ2v) is 16.2. The fourth-order valence-corrected chi connectivity index (χ4v) is 7.30. The van der Waals surface area contributed by atoms with Crippen LogP contribution in [0.15, 0.2) is 66.9 Å². The number of hydrogen-bond donors (Lipinski definition) is 2. The number of urea groups is 1. The number of rotatable bonds is 11. The number of nitrogens with one attached hydrogen (secondary N) is 2. The van der Waals surface area contributed by atoms with Gasteiger partial charge in [-0.2, -0.15) is 0 Å². The summed E-state index contributed by atoms with van der Waals surface area (Å²) in [4.78, 5) is 33.8. The average molecular weight is 746 g/mol.